The number of imidazole rings is 1. The van der Waals surface area contributed by atoms with Gasteiger partial charge in [-0.15, -0.1) is 0 Å². The third-order valence-corrected chi connectivity index (χ3v) is 6.74. The SMILES string of the molecule is COC[C@H](NC(=O)c1ccc(N2CCCNS2(=O)=O)cc1)c1nc2ccc(Cl)cc2[nH]1. The third kappa shape index (κ3) is 4.67. The molecule has 1 amide bonds. The van der Waals surface area contributed by atoms with Gasteiger partial charge in [0.15, 0.2) is 0 Å². The number of rotatable bonds is 6. The van der Waals surface area contributed by atoms with Gasteiger partial charge in [-0.3, -0.25) is 9.10 Å². The zero-order chi connectivity index (χ0) is 22.0. The highest BCUT2D eigenvalue weighted by molar-refractivity contribution is 7.90. The number of H-pyrrole nitrogens is 1. The summed E-state index contributed by atoms with van der Waals surface area (Å²) in [5.41, 5.74) is 2.40. The molecule has 0 aliphatic carbocycles. The summed E-state index contributed by atoms with van der Waals surface area (Å²) >= 11 is 6.03. The smallest absolute Gasteiger partial charge is 0.301 e. The second kappa shape index (κ2) is 8.83. The van der Waals surface area contributed by atoms with E-state index in [1.54, 1.807) is 49.6 Å². The number of halogens is 1. The molecule has 4 rings (SSSR count). The van der Waals surface area contributed by atoms with Gasteiger partial charge in [0.2, 0.25) is 0 Å². The van der Waals surface area contributed by atoms with Crippen molar-refractivity contribution in [2.75, 3.05) is 31.1 Å². The predicted octanol–water partition coefficient (Wildman–Crippen LogP) is 2.38. The van der Waals surface area contributed by atoms with Gasteiger partial charge in [0.05, 0.1) is 23.3 Å². The van der Waals surface area contributed by atoms with E-state index in [-0.39, 0.29) is 12.5 Å². The Hall–Kier alpha value is -2.66. The average molecular weight is 464 g/mol. The van der Waals surface area contributed by atoms with E-state index in [1.165, 1.54) is 4.31 Å². The highest BCUT2D eigenvalue weighted by atomic mass is 35.5. The Kier molecular flexibility index (Phi) is 6.15. The first-order valence-electron chi connectivity index (χ1n) is 9.70. The summed E-state index contributed by atoms with van der Waals surface area (Å²) in [6, 6.07) is 11.2. The molecule has 0 bridgehead atoms. The number of nitrogens with zero attached hydrogens (tertiary/aromatic N) is 2. The summed E-state index contributed by atoms with van der Waals surface area (Å²) < 4.78 is 33.4. The molecule has 1 fully saturated rings. The lowest BCUT2D eigenvalue weighted by Gasteiger charge is -2.28. The van der Waals surface area contributed by atoms with Gasteiger partial charge in [-0.05, 0) is 48.9 Å². The second-order valence-corrected chi connectivity index (χ2v) is 9.25. The monoisotopic (exact) mass is 463 g/mol. The number of aromatic amines is 1. The van der Waals surface area contributed by atoms with Gasteiger partial charge in [0.1, 0.15) is 11.9 Å². The Morgan fingerprint density at radius 2 is 2.06 bits per heavy atom. The molecule has 1 atom stereocenters. The molecule has 0 unspecified atom stereocenters. The molecule has 0 radical (unpaired) electrons. The van der Waals surface area contributed by atoms with Crippen molar-refractivity contribution in [3.05, 3.63) is 58.9 Å². The van der Waals surface area contributed by atoms with Gasteiger partial charge in [0, 0.05) is 30.8 Å². The molecule has 2 heterocycles. The van der Waals surface area contributed by atoms with Crippen LogP contribution in [0.2, 0.25) is 5.02 Å². The number of carbonyl (C=O) groups excluding carboxylic acids is 1. The zero-order valence-electron chi connectivity index (χ0n) is 16.8. The number of methoxy groups -OCH3 is 1. The van der Waals surface area contributed by atoms with Crippen LogP contribution in [0.1, 0.15) is 28.6 Å². The number of ether oxygens (including phenoxy) is 1. The van der Waals surface area contributed by atoms with Crippen molar-refractivity contribution in [1.82, 2.24) is 20.0 Å². The van der Waals surface area contributed by atoms with Crippen molar-refractivity contribution >= 4 is 44.4 Å². The fourth-order valence-corrected chi connectivity index (χ4v) is 4.93. The minimum Gasteiger partial charge on any atom is -0.382 e. The molecule has 1 aliphatic rings. The maximum Gasteiger partial charge on any atom is 0.301 e. The molecule has 1 saturated heterocycles. The number of anilines is 1. The molecule has 11 heteroatoms. The lowest BCUT2D eigenvalue weighted by atomic mass is 10.1. The second-order valence-electron chi connectivity index (χ2n) is 7.14. The van der Waals surface area contributed by atoms with Crippen LogP contribution >= 0.6 is 11.6 Å². The lowest BCUT2D eigenvalue weighted by molar-refractivity contribution is 0.0892. The number of benzene rings is 2. The van der Waals surface area contributed by atoms with Crippen molar-refractivity contribution in [3.8, 4) is 0 Å². The molecule has 1 aliphatic heterocycles. The molecule has 2 aromatic carbocycles. The molecule has 164 valence electrons. The first kappa shape index (κ1) is 21.6. The van der Waals surface area contributed by atoms with E-state index in [9.17, 15) is 13.2 Å². The van der Waals surface area contributed by atoms with E-state index in [1.807, 2.05) is 0 Å². The number of amides is 1. The fraction of sp³-hybridized carbons (Fsp3) is 0.300. The summed E-state index contributed by atoms with van der Waals surface area (Å²) in [7, 11) is -2.00. The summed E-state index contributed by atoms with van der Waals surface area (Å²) in [4.78, 5) is 20.5. The van der Waals surface area contributed by atoms with Crippen molar-refractivity contribution in [2.45, 2.75) is 12.5 Å². The Bertz CT molecular complexity index is 1200. The lowest BCUT2D eigenvalue weighted by Crippen LogP contribution is -2.47. The summed E-state index contributed by atoms with van der Waals surface area (Å²) in [6.45, 7) is 1.04. The number of fused-ring (bicyclic) bond motifs is 1. The number of nitrogens with one attached hydrogen (secondary N) is 3. The maximum absolute atomic E-state index is 12.8. The highest BCUT2D eigenvalue weighted by Gasteiger charge is 2.26. The van der Waals surface area contributed by atoms with Gasteiger partial charge in [0.25, 0.3) is 5.91 Å². The van der Waals surface area contributed by atoms with E-state index in [2.05, 4.69) is 20.0 Å². The van der Waals surface area contributed by atoms with E-state index in [0.29, 0.717) is 41.6 Å². The standard InChI is InChI=1S/C20H22ClN5O4S/c1-30-12-18(19-23-16-8-5-14(21)11-17(16)24-19)25-20(27)13-3-6-15(7-4-13)26-10-2-9-22-31(26,28)29/h3-8,11,18,22H,2,9-10,12H2,1H3,(H,23,24)(H,25,27)/t18-/m0/s1. The Morgan fingerprint density at radius 1 is 1.29 bits per heavy atom. The quantitative estimate of drug-likeness (QED) is 0.519. The van der Waals surface area contributed by atoms with Gasteiger partial charge < -0.3 is 15.0 Å². The molecular formula is C20H22ClN5O4S. The molecule has 31 heavy (non-hydrogen) atoms. The minimum atomic E-state index is -3.54. The number of carbonyl (C=O) groups is 1. The van der Waals surface area contributed by atoms with Crippen molar-refractivity contribution in [2.24, 2.45) is 0 Å². The predicted molar refractivity (Wildman–Crippen MR) is 119 cm³/mol. The van der Waals surface area contributed by atoms with Gasteiger partial charge >= 0.3 is 10.2 Å². The topological polar surface area (TPSA) is 116 Å². The van der Waals surface area contributed by atoms with Crippen molar-refractivity contribution in [1.29, 1.82) is 0 Å². The number of hydrogen-bond acceptors (Lipinski definition) is 5. The van der Waals surface area contributed by atoms with Gasteiger partial charge in [-0.2, -0.15) is 13.1 Å². The van der Waals surface area contributed by atoms with Crippen LogP contribution in [-0.4, -0.2) is 51.1 Å². The molecular weight excluding hydrogens is 442 g/mol. The van der Waals surface area contributed by atoms with Gasteiger partial charge in [-0.1, -0.05) is 11.6 Å². The summed E-state index contributed by atoms with van der Waals surface area (Å²) in [6.07, 6.45) is 0.711. The first-order valence-corrected chi connectivity index (χ1v) is 11.5. The Balaban J connectivity index is 1.52. The van der Waals surface area contributed by atoms with Crippen LogP contribution in [0.3, 0.4) is 0 Å². The largest absolute Gasteiger partial charge is 0.382 e. The molecule has 0 saturated carbocycles. The first-order chi connectivity index (χ1) is 14.9. The number of aromatic nitrogens is 2. The van der Waals surface area contributed by atoms with Crippen LogP contribution in [0.5, 0.6) is 0 Å². The molecule has 9 nitrogen and oxygen atoms in total. The number of hydrogen-bond donors (Lipinski definition) is 3. The summed E-state index contributed by atoms with van der Waals surface area (Å²) in [5, 5.41) is 3.49. The fourth-order valence-electron chi connectivity index (χ4n) is 3.43. The van der Waals surface area contributed by atoms with Crippen molar-refractivity contribution in [3.63, 3.8) is 0 Å². The minimum absolute atomic E-state index is 0.217. The van der Waals surface area contributed by atoms with Crippen LogP contribution in [0.25, 0.3) is 11.0 Å². The van der Waals surface area contributed by atoms with Crippen LogP contribution < -0.4 is 14.3 Å². The van der Waals surface area contributed by atoms with E-state index in [0.717, 1.165) is 11.0 Å². The van der Waals surface area contributed by atoms with E-state index >= 15 is 0 Å². The van der Waals surface area contributed by atoms with Crippen LogP contribution in [-0.2, 0) is 14.9 Å². The Labute approximate surface area is 184 Å². The average Bonchev–Trinajstić information content (AvgIpc) is 3.16. The zero-order valence-corrected chi connectivity index (χ0v) is 18.3. The maximum atomic E-state index is 12.8. The van der Waals surface area contributed by atoms with Crippen LogP contribution in [0.4, 0.5) is 5.69 Å². The Morgan fingerprint density at radius 3 is 2.77 bits per heavy atom. The molecule has 0 spiro atoms. The normalized spacial score (nSPS) is 16.9. The van der Waals surface area contributed by atoms with Gasteiger partial charge in [-0.25, -0.2) is 4.98 Å². The van der Waals surface area contributed by atoms with Crippen LogP contribution in [0.15, 0.2) is 42.5 Å². The van der Waals surface area contributed by atoms with E-state index in [4.69, 9.17) is 16.3 Å². The molecule has 1 aromatic heterocycles. The summed E-state index contributed by atoms with van der Waals surface area (Å²) in [5.74, 6) is 0.223. The molecule has 3 N–H and O–H groups in total. The van der Waals surface area contributed by atoms with E-state index < -0.39 is 16.3 Å². The van der Waals surface area contributed by atoms with Crippen LogP contribution in [0, 0.1) is 0 Å². The third-order valence-electron chi connectivity index (χ3n) is 4.96. The highest BCUT2D eigenvalue weighted by Crippen LogP contribution is 2.22. The van der Waals surface area contributed by atoms with Crippen molar-refractivity contribution < 1.29 is 17.9 Å². The molecule has 3 aromatic rings.